The standard InChI is InChI=1S/C9H12O3S/c10-13(11)12-8-4-7-9-5-2-1-3-6-9/h1-3,5-6,13H,4,7-8H2. The zero-order valence-corrected chi connectivity index (χ0v) is 8.07. The van der Waals surface area contributed by atoms with Crippen LogP contribution in [0.3, 0.4) is 0 Å². The van der Waals surface area contributed by atoms with Crippen LogP contribution in [-0.2, 0) is 21.6 Å². The van der Waals surface area contributed by atoms with Crippen molar-refractivity contribution in [2.75, 3.05) is 6.61 Å². The maximum absolute atomic E-state index is 10.0. The fraction of sp³-hybridized carbons (Fsp3) is 0.333. The Balaban J connectivity index is 2.20. The molecule has 0 saturated heterocycles. The summed E-state index contributed by atoms with van der Waals surface area (Å²) >= 11 is 0. The van der Waals surface area contributed by atoms with Crippen molar-refractivity contribution in [3.63, 3.8) is 0 Å². The molecule has 0 heterocycles. The first-order chi connectivity index (χ1) is 6.29. The summed E-state index contributed by atoms with van der Waals surface area (Å²) in [7, 11) is -2.68. The topological polar surface area (TPSA) is 43.4 Å². The molecule has 0 N–H and O–H groups in total. The third kappa shape index (κ3) is 4.65. The van der Waals surface area contributed by atoms with Gasteiger partial charge in [0.15, 0.2) is 0 Å². The summed E-state index contributed by atoms with van der Waals surface area (Å²) in [5.74, 6) is 0. The zero-order valence-electron chi connectivity index (χ0n) is 7.18. The molecule has 1 aromatic carbocycles. The van der Waals surface area contributed by atoms with Crippen LogP contribution in [0, 0.1) is 0 Å². The number of benzene rings is 1. The molecule has 0 bridgehead atoms. The van der Waals surface area contributed by atoms with Crippen molar-refractivity contribution in [3.05, 3.63) is 35.9 Å². The molecule has 13 heavy (non-hydrogen) atoms. The predicted octanol–water partition coefficient (Wildman–Crippen LogP) is 1.16. The van der Waals surface area contributed by atoms with E-state index in [1.54, 1.807) is 0 Å². The number of hydrogen-bond acceptors (Lipinski definition) is 3. The minimum atomic E-state index is -2.68. The summed E-state index contributed by atoms with van der Waals surface area (Å²) in [4.78, 5) is 0. The fourth-order valence-electron chi connectivity index (χ4n) is 1.06. The van der Waals surface area contributed by atoms with E-state index in [-0.39, 0.29) is 6.61 Å². The Kier molecular flexibility index (Phi) is 4.49. The zero-order chi connectivity index (χ0) is 9.52. The average molecular weight is 200 g/mol. The van der Waals surface area contributed by atoms with Gasteiger partial charge in [-0.3, -0.25) is 4.18 Å². The lowest BCUT2D eigenvalue weighted by Crippen LogP contribution is -1.94. The Morgan fingerprint density at radius 3 is 2.46 bits per heavy atom. The van der Waals surface area contributed by atoms with Crippen LogP contribution in [-0.4, -0.2) is 15.0 Å². The molecule has 0 aliphatic rings. The van der Waals surface area contributed by atoms with Crippen molar-refractivity contribution >= 4 is 11.0 Å². The highest BCUT2D eigenvalue weighted by Gasteiger charge is 1.92. The highest BCUT2D eigenvalue weighted by molar-refractivity contribution is 7.67. The van der Waals surface area contributed by atoms with Crippen LogP contribution in [0.15, 0.2) is 30.3 Å². The number of rotatable bonds is 5. The average Bonchev–Trinajstić information content (AvgIpc) is 2.14. The molecule has 4 heteroatoms. The van der Waals surface area contributed by atoms with Crippen molar-refractivity contribution in [3.8, 4) is 0 Å². The predicted molar refractivity (Wildman–Crippen MR) is 51.0 cm³/mol. The smallest absolute Gasteiger partial charge is 0.257 e. The van der Waals surface area contributed by atoms with E-state index in [2.05, 4.69) is 4.18 Å². The Morgan fingerprint density at radius 2 is 1.85 bits per heavy atom. The largest absolute Gasteiger partial charge is 0.272 e. The van der Waals surface area contributed by atoms with Gasteiger partial charge < -0.3 is 0 Å². The van der Waals surface area contributed by atoms with E-state index in [1.807, 2.05) is 30.3 Å². The van der Waals surface area contributed by atoms with Crippen molar-refractivity contribution in [2.24, 2.45) is 0 Å². The van der Waals surface area contributed by atoms with Gasteiger partial charge >= 0.3 is 0 Å². The van der Waals surface area contributed by atoms with Gasteiger partial charge in [0.05, 0.1) is 6.61 Å². The quantitative estimate of drug-likeness (QED) is 0.573. The monoisotopic (exact) mass is 200 g/mol. The van der Waals surface area contributed by atoms with Gasteiger partial charge in [-0.1, -0.05) is 30.3 Å². The second kappa shape index (κ2) is 5.72. The van der Waals surface area contributed by atoms with Gasteiger partial charge in [0.2, 0.25) is 0 Å². The van der Waals surface area contributed by atoms with Gasteiger partial charge in [-0.2, -0.15) is 0 Å². The van der Waals surface area contributed by atoms with Crippen LogP contribution in [0.4, 0.5) is 0 Å². The molecule has 0 saturated carbocycles. The molecule has 1 rings (SSSR count). The highest BCUT2D eigenvalue weighted by atomic mass is 32.2. The lowest BCUT2D eigenvalue weighted by molar-refractivity contribution is 0.326. The number of hydrogen-bond donors (Lipinski definition) is 1. The van der Waals surface area contributed by atoms with Crippen LogP contribution in [0.1, 0.15) is 12.0 Å². The van der Waals surface area contributed by atoms with Crippen LogP contribution >= 0.6 is 0 Å². The summed E-state index contributed by atoms with van der Waals surface area (Å²) < 4.78 is 24.5. The van der Waals surface area contributed by atoms with Gasteiger partial charge in [-0.25, -0.2) is 8.42 Å². The first-order valence-electron chi connectivity index (χ1n) is 4.10. The Morgan fingerprint density at radius 1 is 1.15 bits per heavy atom. The summed E-state index contributed by atoms with van der Waals surface area (Å²) in [6.07, 6.45) is 1.58. The lowest BCUT2D eigenvalue weighted by Gasteiger charge is -1.98. The lowest BCUT2D eigenvalue weighted by atomic mass is 10.1. The Hall–Kier alpha value is -0.870. The summed E-state index contributed by atoms with van der Waals surface area (Å²) in [5, 5.41) is 0. The van der Waals surface area contributed by atoms with E-state index >= 15 is 0 Å². The van der Waals surface area contributed by atoms with Gasteiger partial charge in [0.25, 0.3) is 11.0 Å². The summed E-state index contributed by atoms with van der Waals surface area (Å²) in [6, 6.07) is 9.90. The van der Waals surface area contributed by atoms with E-state index < -0.39 is 11.0 Å². The molecule has 72 valence electrons. The van der Waals surface area contributed by atoms with Gasteiger partial charge in [-0.05, 0) is 18.4 Å². The minimum absolute atomic E-state index is 0.271. The molecule has 0 spiro atoms. The molecule has 0 aliphatic heterocycles. The summed E-state index contributed by atoms with van der Waals surface area (Å²) in [6.45, 7) is 0.271. The number of thiol groups is 1. The highest BCUT2D eigenvalue weighted by Crippen LogP contribution is 2.01. The first-order valence-corrected chi connectivity index (χ1v) is 5.20. The van der Waals surface area contributed by atoms with E-state index in [0.29, 0.717) is 0 Å². The van der Waals surface area contributed by atoms with Crippen molar-refractivity contribution < 1.29 is 12.6 Å². The molecule has 1 aromatic rings. The maximum Gasteiger partial charge on any atom is 0.257 e. The maximum atomic E-state index is 10.0. The number of aryl methyl sites for hydroxylation is 1. The summed E-state index contributed by atoms with van der Waals surface area (Å²) in [5.41, 5.74) is 1.20. The minimum Gasteiger partial charge on any atom is -0.272 e. The Labute approximate surface area is 79.5 Å². The SMILES string of the molecule is O=[SH](=O)OCCCc1ccccc1. The third-order valence-corrected chi connectivity index (χ3v) is 2.04. The van der Waals surface area contributed by atoms with Gasteiger partial charge in [0.1, 0.15) is 0 Å². The molecular formula is C9H12O3S. The third-order valence-electron chi connectivity index (χ3n) is 1.65. The second-order valence-corrected chi connectivity index (χ2v) is 3.35. The molecule has 0 aromatic heterocycles. The van der Waals surface area contributed by atoms with Crippen LogP contribution in [0.25, 0.3) is 0 Å². The van der Waals surface area contributed by atoms with Crippen LogP contribution in [0.5, 0.6) is 0 Å². The molecular weight excluding hydrogens is 188 g/mol. The van der Waals surface area contributed by atoms with Crippen LogP contribution < -0.4 is 0 Å². The normalized spacial score (nSPS) is 10.5. The molecule has 0 amide bonds. The molecule has 0 radical (unpaired) electrons. The molecule has 0 atom stereocenters. The van der Waals surface area contributed by atoms with E-state index in [0.717, 1.165) is 12.8 Å². The van der Waals surface area contributed by atoms with E-state index in [9.17, 15) is 8.42 Å². The second-order valence-electron chi connectivity index (χ2n) is 2.65. The van der Waals surface area contributed by atoms with Crippen molar-refractivity contribution in [1.29, 1.82) is 0 Å². The fourth-order valence-corrected chi connectivity index (χ4v) is 1.34. The van der Waals surface area contributed by atoms with E-state index in [1.165, 1.54) is 5.56 Å². The van der Waals surface area contributed by atoms with Crippen molar-refractivity contribution in [2.45, 2.75) is 12.8 Å². The van der Waals surface area contributed by atoms with Gasteiger partial charge in [-0.15, -0.1) is 0 Å². The molecule has 3 nitrogen and oxygen atoms in total. The van der Waals surface area contributed by atoms with Gasteiger partial charge in [0, 0.05) is 0 Å². The molecule has 0 unspecified atom stereocenters. The van der Waals surface area contributed by atoms with Crippen molar-refractivity contribution in [1.82, 2.24) is 0 Å². The van der Waals surface area contributed by atoms with E-state index in [4.69, 9.17) is 0 Å². The van der Waals surface area contributed by atoms with Crippen LogP contribution in [0.2, 0.25) is 0 Å². The first kappa shape index (κ1) is 10.2. The Bertz CT molecular complexity index is 298. The molecule has 0 fully saturated rings. The molecule has 0 aliphatic carbocycles.